The first-order valence-electron chi connectivity index (χ1n) is 7.68. The van der Waals surface area contributed by atoms with Gasteiger partial charge in [0, 0.05) is 16.7 Å². The van der Waals surface area contributed by atoms with Crippen LogP contribution in [0.2, 0.25) is 10.0 Å². The van der Waals surface area contributed by atoms with Gasteiger partial charge in [-0.15, -0.1) is 0 Å². The van der Waals surface area contributed by atoms with Crippen LogP contribution in [-0.2, 0) is 9.59 Å². The van der Waals surface area contributed by atoms with Crippen molar-refractivity contribution in [1.82, 2.24) is 5.43 Å². The van der Waals surface area contributed by atoms with Crippen molar-refractivity contribution in [2.24, 2.45) is 5.10 Å². The molecular weight excluding hydrogens is 393 g/mol. The number of halogens is 2. The monoisotopic (exact) mass is 409 g/mol. The van der Waals surface area contributed by atoms with Gasteiger partial charge in [0.2, 0.25) is 0 Å². The van der Waals surface area contributed by atoms with Crippen LogP contribution in [0.4, 0.5) is 5.69 Å². The van der Waals surface area contributed by atoms with E-state index in [4.69, 9.17) is 32.7 Å². The molecule has 0 saturated heterocycles. The third-order valence-electron chi connectivity index (χ3n) is 3.51. The zero-order valence-electron chi connectivity index (χ0n) is 14.8. The Morgan fingerprint density at radius 1 is 1.00 bits per heavy atom. The summed E-state index contributed by atoms with van der Waals surface area (Å²) < 4.78 is 10.4. The van der Waals surface area contributed by atoms with E-state index in [1.54, 1.807) is 38.3 Å². The van der Waals surface area contributed by atoms with Crippen LogP contribution in [0.3, 0.4) is 0 Å². The third kappa shape index (κ3) is 5.35. The van der Waals surface area contributed by atoms with Crippen molar-refractivity contribution < 1.29 is 19.1 Å². The number of hydrogen-bond donors (Lipinski definition) is 2. The molecule has 27 heavy (non-hydrogen) atoms. The van der Waals surface area contributed by atoms with E-state index in [0.717, 1.165) is 0 Å². The molecule has 2 aromatic carbocycles. The summed E-state index contributed by atoms with van der Waals surface area (Å²) in [6, 6.07) is 9.65. The van der Waals surface area contributed by atoms with Crippen molar-refractivity contribution in [3.8, 4) is 11.5 Å². The number of carbonyl (C=O) groups excluding carboxylic acids is 2. The van der Waals surface area contributed by atoms with Crippen LogP contribution in [0.5, 0.6) is 11.5 Å². The zero-order chi connectivity index (χ0) is 20.0. The molecular formula is C18H17Cl2N3O4. The van der Waals surface area contributed by atoms with Gasteiger partial charge in [-0.3, -0.25) is 9.59 Å². The molecule has 0 bridgehead atoms. The van der Waals surface area contributed by atoms with Crippen molar-refractivity contribution in [2.75, 3.05) is 19.5 Å². The van der Waals surface area contributed by atoms with Crippen LogP contribution in [0.25, 0.3) is 0 Å². The first kappa shape index (κ1) is 20.5. The fourth-order valence-corrected chi connectivity index (χ4v) is 2.45. The lowest BCUT2D eigenvalue weighted by Gasteiger charge is -2.10. The minimum Gasteiger partial charge on any atom is -0.497 e. The second-order valence-corrected chi connectivity index (χ2v) is 6.13. The van der Waals surface area contributed by atoms with Gasteiger partial charge in [-0.2, -0.15) is 5.10 Å². The number of methoxy groups -OCH3 is 2. The topological polar surface area (TPSA) is 89.0 Å². The summed E-state index contributed by atoms with van der Waals surface area (Å²) in [5, 5.41) is 6.94. The first-order valence-corrected chi connectivity index (χ1v) is 8.44. The predicted molar refractivity (Wildman–Crippen MR) is 105 cm³/mol. The first-order chi connectivity index (χ1) is 12.8. The minimum atomic E-state index is -0.960. The van der Waals surface area contributed by atoms with Gasteiger partial charge in [-0.25, -0.2) is 5.43 Å². The normalized spacial score (nSPS) is 10.9. The summed E-state index contributed by atoms with van der Waals surface area (Å²) in [7, 11) is 3.05. The molecule has 0 atom stereocenters. The molecule has 7 nitrogen and oxygen atoms in total. The molecule has 0 aliphatic heterocycles. The molecule has 0 heterocycles. The smallest absolute Gasteiger partial charge is 0.329 e. The molecule has 2 amide bonds. The van der Waals surface area contributed by atoms with Crippen LogP contribution in [0.15, 0.2) is 41.5 Å². The van der Waals surface area contributed by atoms with E-state index >= 15 is 0 Å². The summed E-state index contributed by atoms with van der Waals surface area (Å²) in [5.41, 5.74) is 3.49. The molecule has 2 N–H and O–H groups in total. The number of carbonyl (C=O) groups is 2. The quantitative estimate of drug-likeness (QED) is 0.449. The zero-order valence-corrected chi connectivity index (χ0v) is 16.3. The summed E-state index contributed by atoms with van der Waals surface area (Å²) in [6.07, 6.45) is 0. The average Bonchev–Trinajstić information content (AvgIpc) is 2.67. The Balaban J connectivity index is 2.09. The average molecular weight is 410 g/mol. The van der Waals surface area contributed by atoms with E-state index in [9.17, 15) is 9.59 Å². The van der Waals surface area contributed by atoms with E-state index in [1.165, 1.54) is 19.2 Å². The molecule has 142 valence electrons. The van der Waals surface area contributed by atoms with E-state index < -0.39 is 11.8 Å². The summed E-state index contributed by atoms with van der Waals surface area (Å²) >= 11 is 11.8. The summed E-state index contributed by atoms with van der Waals surface area (Å²) in [6.45, 7) is 1.66. The van der Waals surface area contributed by atoms with Gasteiger partial charge in [0.1, 0.15) is 11.5 Å². The highest BCUT2D eigenvalue weighted by Crippen LogP contribution is 2.26. The minimum absolute atomic E-state index is 0.224. The number of hydrogen-bond acceptors (Lipinski definition) is 5. The molecule has 9 heteroatoms. The highest BCUT2D eigenvalue weighted by Gasteiger charge is 2.16. The lowest BCUT2D eigenvalue weighted by molar-refractivity contribution is -0.136. The molecule has 0 unspecified atom stereocenters. The Morgan fingerprint density at radius 3 is 2.41 bits per heavy atom. The Hall–Kier alpha value is -2.77. The van der Waals surface area contributed by atoms with Crippen molar-refractivity contribution in [1.29, 1.82) is 0 Å². The van der Waals surface area contributed by atoms with E-state index in [-0.39, 0.29) is 10.7 Å². The van der Waals surface area contributed by atoms with Crippen LogP contribution in [0.1, 0.15) is 12.5 Å². The fourth-order valence-electron chi connectivity index (χ4n) is 2.12. The maximum Gasteiger partial charge on any atom is 0.329 e. The molecule has 0 aliphatic rings. The number of amides is 2. The Morgan fingerprint density at radius 2 is 1.74 bits per heavy atom. The maximum absolute atomic E-state index is 12.0. The van der Waals surface area contributed by atoms with Gasteiger partial charge in [-0.05, 0) is 37.3 Å². The maximum atomic E-state index is 12.0. The van der Waals surface area contributed by atoms with E-state index in [1.807, 2.05) is 0 Å². The largest absolute Gasteiger partial charge is 0.497 e. The lowest BCUT2D eigenvalue weighted by atomic mass is 10.1. The molecule has 0 spiro atoms. The summed E-state index contributed by atoms with van der Waals surface area (Å²) in [5.74, 6) is -0.763. The van der Waals surface area contributed by atoms with Gasteiger partial charge in [-0.1, -0.05) is 23.2 Å². The number of nitrogens with zero attached hydrogens (tertiary/aromatic N) is 1. The SMILES string of the molecule is COc1ccc(/C(C)=N\NC(=O)C(=O)Nc2cc(Cl)ccc2Cl)c(OC)c1. The predicted octanol–water partition coefficient (Wildman–Crippen LogP) is 3.49. The Labute approximate surface area is 166 Å². The number of hydrazone groups is 1. The number of nitrogens with one attached hydrogen (secondary N) is 2. The number of anilines is 1. The van der Waals surface area contributed by atoms with Crippen LogP contribution < -0.4 is 20.2 Å². The molecule has 0 fully saturated rings. The third-order valence-corrected chi connectivity index (χ3v) is 4.07. The number of benzene rings is 2. The van der Waals surface area contributed by atoms with E-state index in [0.29, 0.717) is 27.8 Å². The second-order valence-electron chi connectivity index (χ2n) is 5.28. The van der Waals surface area contributed by atoms with Crippen molar-refractivity contribution in [3.63, 3.8) is 0 Å². The molecule has 2 rings (SSSR count). The Bertz CT molecular complexity index is 900. The van der Waals surface area contributed by atoms with Gasteiger partial charge in [0.15, 0.2) is 0 Å². The molecule has 2 aromatic rings. The fraction of sp³-hybridized carbons (Fsp3) is 0.167. The van der Waals surface area contributed by atoms with Crippen LogP contribution >= 0.6 is 23.2 Å². The van der Waals surface area contributed by atoms with Crippen molar-refractivity contribution in [3.05, 3.63) is 52.0 Å². The van der Waals surface area contributed by atoms with E-state index in [2.05, 4.69) is 15.8 Å². The van der Waals surface area contributed by atoms with Gasteiger partial charge < -0.3 is 14.8 Å². The van der Waals surface area contributed by atoms with Gasteiger partial charge >= 0.3 is 11.8 Å². The molecule has 0 aromatic heterocycles. The van der Waals surface area contributed by atoms with Gasteiger partial charge in [0.25, 0.3) is 0 Å². The second kappa shape index (κ2) is 9.25. The standard InChI is InChI=1S/C18H17Cl2N3O4/c1-10(13-6-5-12(26-2)9-16(13)27-3)22-23-18(25)17(24)21-15-8-11(19)4-7-14(15)20/h4-9H,1-3H3,(H,21,24)(H,23,25)/b22-10-. The number of rotatable bonds is 5. The molecule has 0 saturated carbocycles. The molecule has 0 radical (unpaired) electrons. The summed E-state index contributed by atoms with van der Waals surface area (Å²) in [4.78, 5) is 24.0. The molecule has 0 aliphatic carbocycles. The van der Waals surface area contributed by atoms with Crippen LogP contribution in [-0.4, -0.2) is 31.7 Å². The lowest BCUT2D eigenvalue weighted by Crippen LogP contribution is -2.33. The van der Waals surface area contributed by atoms with Gasteiger partial charge in [0.05, 0.1) is 30.6 Å². The Kier molecular flexibility index (Phi) is 7.04. The van der Waals surface area contributed by atoms with Crippen molar-refractivity contribution in [2.45, 2.75) is 6.92 Å². The highest BCUT2D eigenvalue weighted by molar-refractivity contribution is 6.42. The highest BCUT2D eigenvalue weighted by atomic mass is 35.5. The van der Waals surface area contributed by atoms with Crippen LogP contribution in [0, 0.1) is 0 Å². The number of ether oxygens (including phenoxy) is 2. The van der Waals surface area contributed by atoms with Crippen molar-refractivity contribution >= 4 is 46.4 Å².